The molecule has 0 bridgehead atoms. The van der Waals surface area contributed by atoms with Gasteiger partial charge in [-0.15, -0.1) is 0 Å². The van der Waals surface area contributed by atoms with Crippen LogP contribution in [0, 0.1) is 10.8 Å². The van der Waals surface area contributed by atoms with Crippen molar-refractivity contribution in [2.75, 3.05) is 13.4 Å². The Kier molecular flexibility index (Phi) is 9.38. The predicted octanol–water partition coefficient (Wildman–Crippen LogP) is 4.58. The maximum absolute atomic E-state index is 12.8. The molecule has 0 amide bonds. The van der Waals surface area contributed by atoms with Gasteiger partial charge in [-0.25, -0.2) is 9.09 Å². The van der Waals surface area contributed by atoms with Crippen LogP contribution in [0.4, 0.5) is 0 Å². The Labute approximate surface area is 194 Å². The third-order valence-electron chi connectivity index (χ3n) is 4.89. The molecule has 1 aliphatic rings. The highest BCUT2D eigenvalue weighted by atomic mass is 31.2. The summed E-state index contributed by atoms with van der Waals surface area (Å²) in [6.45, 7) is 7.98. The molecule has 2 atom stereocenters. The zero-order valence-corrected chi connectivity index (χ0v) is 20.7. The lowest BCUT2D eigenvalue weighted by Crippen LogP contribution is -2.45. The number of rotatable bonds is 10. The van der Waals surface area contributed by atoms with Crippen LogP contribution in [-0.4, -0.2) is 37.2 Å². The lowest BCUT2D eigenvalue weighted by Gasteiger charge is -2.39. The molecule has 0 N–H and O–H groups in total. The maximum atomic E-state index is 12.8. The summed E-state index contributed by atoms with van der Waals surface area (Å²) in [5, 5.41) is 0. The predicted molar refractivity (Wildman–Crippen MR) is 119 cm³/mol. The number of carbonyl (C=O) groups is 3. The summed E-state index contributed by atoms with van der Waals surface area (Å²) >= 11 is 0. The minimum atomic E-state index is -4.10. The number of benzene rings is 1. The molecule has 0 aliphatic carbocycles. The summed E-state index contributed by atoms with van der Waals surface area (Å²) in [7, 11) is -4.10. The lowest BCUT2D eigenvalue weighted by atomic mass is 9.84. The number of esters is 2. The number of hydrogen-bond donors (Lipinski definition) is 0. The van der Waals surface area contributed by atoms with E-state index >= 15 is 0 Å². The second kappa shape index (κ2) is 11.4. The van der Waals surface area contributed by atoms with Crippen molar-refractivity contribution < 1.29 is 42.0 Å². The summed E-state index contributed by atoms with van der Waals surface area (Å²) in [6, 6.07) is 9.29. The zero-order valence-electron chi connectivity index (χ0n) is 19.8. The maximum Gasteiger partial charge on any atom is 0.478 e. The molecule has 0 spiro atoms. The number of hydrogen-bond acceptors (Lipinski definition) is 9. The van der Waals surface area contributed by atoms with Crippen molar-refractivity contribution in [2.45, 2.75) is 66.6 Å². The highest BCUT2D eigenvalue weighted by molar-refractivity contribution is 7.48. The Hall–Kier alpha value is -2.06. The van der Waals surface area contributed by atoms with E-state index in [1.165, 1.54) is 0 Å². The van der Waals surface area contributed by atoms with Crippen LogP contribution in [0.1, 0.15) is 59.4 Å². The molecular weight excluding hydrogens is 451 g/mol. The normalized spacial score (nSPS) is 22.4. The molecule has 33 heavy (non-hydrogen) atoms. The topological polar surface area (TPSA) is 114 Å². The Bertz CT molecular complexity index is 874. The van der Waals surface area contributed by atoms with Gasteiger partial charge in [0.05, 0.1) is 12.0 Å². The van der Waals surface area contributed by atoms with E-state index in [1.54, 1.807) is 34.6 Å². The van der Waals surface area contributed by atoms with Gasteiger partial charge in [-0.05, 0) is 32.8 Å². The van der Waals surface area contributed by atoms with Gasteiger partial charge < -0.3 is 9.47 Å². The Morgan fingerprint density at radius 2 is 1.76 bits per heavy atom. The van der Waals surface area contributed by atoms with E-state index in [0.717, 1.165) is 5.56 Å². The molecule has 10 heteroatoms. The summed E-state index contributed by atoms with van der Waals surface area (Å²) < 4.78 is 38.7. The van der Waals surface area contributed by atoms with Gasteiger partial charge in [-0.2, -0.15) is 0 Å². The molecule has 1 aromatic rings. The molecule has 0 radical (unpaired) electrons. The van der Waals surface area contributed by atoms with Crippen molar-refractivity contribution in [3.63, 3.8) is 0 Å². The van der Waals surface area contributed by atoms with E-state index < -0.39 is 43.5 Å². The Morgan fingerprint density at radius 1 is 1.09 bits per heavy atom. The van der Waals surface area contributed by atoms with Gasteiger partial charge >= 0.3 is 19.8 Å². The van der Waals surface area contributed by atoms with Gasteiger partial charge in [0.1, 0.15) is 12.7 Å². The van der Waals surface area contributed by atoms with Crippen LogP contribution in [0.25, 0.3) is 0 Å². The van der Waals surface area contributed by atoms with Crippen LogP contribution in [0.2, 0.25) is 0 Å². The highest BCUT2D eigenvalue weighted by Crippen LogP contribution is 2.57. The fraction of sp³-hybridized carbons (Fsp3) is 0.609. The van der Waals surface area contributed by atoms with Crippen LogP contribution in [0.5, 0.6) is 0 Å². The molecular formula is C23H33O9P. The molecule has 0 unspecified atom stereocenters. The number of phosphoric ester groups is 1. The van der Waals surface area contributed by atoms with Crippen molar-refractivity contribution in [1.29, 1.82) is 0 Å². The van der Waals surface area contributed by atoms with Crippen molar-refractivity contribution in [1.82, 2.24) is 0 Å². The van der Waals surface area contributed by atoms with E-state index in [4.69, 9.17) is 23.0 Å². The fourth-order valence-electron chi connectivity index (χ4n) is 2.89. The lowest BCUT2D eigenvalue weighted by molar-refractivity contribution is -0.163. The number of Topliss-reactive ketones (excluding diaryl/α,β-unsaturated/α-hetero) is 1. The van der Waals surface area contributed by atoms with Crippen LogP contribution in [0.15, 0.2) is 30.3 Å². The van der Waals surface area contributed by atoms with E-state index in [2.05, 4.69) is 0 Å². The number of carbonyl (C=O) groups excluding carboxylic acids is 3. The number of ketones is 1. The average molecular weight is 484 g/mol. The third kappa shape index (κ3) is 8.66. The van der Waals surface area contributed by atoms with E-state index in [1.807, 2.05) is 30.3 Å². The molecule has 184 valence electrons. The number of phosphoric acid groups is 1. The highest BCUT2D eigenvalue weighted by Gasteiger charge is 2.48. The van der Waals surface area contributed by atoms with Crippen molar-refractivity contribution in [2.24, 2.45) is 10.8 Å². The smallest absolute Gasteiger partial charge is 0.461 e. The molecule has 0 aromatic heterocycles. The van der Waals surface area contributed by atoms with Gasteiger partial charge in [0, 0.05) is 18.3 Å². The molecule has 0 saturated carbocycles. The monoisotopic (exact) mass is 484 g/mol. The molecule has 1 heterocycles. The number of ether oxygens (including phenoxy) is 2. The summed E-state index contributed by atoms with van der Waals surface area (Å²) in [6.07, 6.45) is -0.694. The summed E-state index contributed by atoms with van der Waals surface area (Å²) in [5.41, 5.74) is -0.637. The minimum Gasteiger partial charge on any atom is -0.461 e. The largest absolute Gasteiger partial charge is 0.478 e. The SMILES string of the molecule is CC(C)(C)C(=O)OCO[P@]1(=O)OCC(C)(C)[C@H](C(=O)CCCC(=O)OCc2ccccc2)O1. The van der Waals surface area contributed by atoms with Gasteiger partial charge in [-0.1, -0.05) is 44.2 Å². The quantitative estimate of drug-likeness (QED) is 0.267. The van der Waals surface area contributed by atoms with Crippen LogP contribution < -0.4 is 0 Å². The van der Waals surface area contributed by atoms with E-state index in [0.29, 0.717) is 0 Å². The second-order valence-corrected chi connectivity index (χ2v) is 11.2. The van der Waals surface area contributed by atoms with Crippen molar-refractivity contribution in [3.8, 4) is 0 Å². The van der Waals surface area contributed by atoms with Gasteiger partial charge in [-0.3, -0.25) is 23.4 Å². The Morgan fingerprint density at radius 3 is 2.39 bits per heavy atom. The van der Waals surface area contributed by atoms with Gasteiger partial charge in [0.2, 0.25) is 6.79 Å². The zero-order chi connectivity index (χ0) is 24.7. The molecule has 1 aromatic carbocycles. The van der Waals surface area contributed by atoms with E-state index in [9.17, 15) is 18.9 Å². The van der Waals surface area contributed by atoms with Gasteiger partial charge in [0.15, 0.2) is 5.78 Å². The summed E-state index contributed by atoms with van der Waals surface area (Å²) in [4.78, 5) is 36.6. The first-order valence-corrected chi connectivity index (χ1v) is 12.3. The summed E-state index contributed by atoms with van der Waals surface area (Å²) in [5.74, 6) is -1.28. The van der Waals surface area contributed by atoms with Gasteiger partial charge in [0.25, 0.3) is 0 Å². The van der Waals surface area contributed by atoms with Crippen LogP contribution >= 0.6 is 7.82 Å². The first-order chi connectivity index (χ1) is 15.3. The fourth-order valence-corrected chi connectivity index (χ4v) is 4.42. The minimum absolute atomic E-state index is 0.0353. The molecule has 9 nitrogen and oxygen atoms in total. The van der Waals surface area contributed by atoms with Crippen LogP contribution in [0.3, 0.4) is 0 Å². The molecule has 1 aliphatic heterocycles. The van der Waals surface area contributed by atoms with Crippen LogP contribution in [-0.2, 0) is 48.6 Å². The third-order valence-corrected chi connectivity index (χ3v) is 6.23. The van der Waals surface area contributed by atoms with Crippen molar-refractivity contribution in [3.05, 3.63) is 35.9 Å². The second-order valence-electron chi connectivity index (χ2n) is 9.59. The first kappa shape index (κ1) is 27.2. The average Bonchev–Trinajstić information content (AvgIpc) is 2.74. The standard InChI is InChI=1S/C23H33O9P/c1-22(2,3)21(26)29-16-31-33(27)30-15-23(4,5)20(32-33)18(24)12-9-13-19(25)28-14-17-10-7-6-8-11-17/h6-8,10-11,20H,9,12-16H2,1-5H3/t20-,33-/m0/s1. The molecule has 1 saturated heterocycles. The molecule has 2 rings (SSSR count). The van der Waals surface area contributed by atoms with Crippen molar-refractivity contribution >= 4 is 25.5 Å². The Balaban J connectivity index is 1.82. The first-order valence-electron chi connectivity index (χ1n) is 10.8. The van der Waals surface area contributed by atoms with E-state index in [-0.39, 0.29) is 38.3 Å². The molecule has 1 fully saturated rings.